The van der Waals surface area contributed by atoms with Crippen LogP contribution in [-0.2, 0) is 11.2 Å². The van der Waals surface area contributed by atoms with Gasteiger partial charge in [-0.1, -0.05) is 25.1 Å². The molecule has 1 saturated heterocycles. The molecule has 1 aliphatic heterocycles. The van der Waals surface area contributed by atoms with Crippen LogP contribution >= 0.6 is 11.8 Å². The number of carbonyl (C=O) groups is 1. The minimum absolute atomic E-state index is 0.0401. The van der Waals surface area contributed by atoms with E-state index in [2.05, 4.69) is 32.4 Å². The van der Waals surface area contributed by atoms with Gasteiger partial charge in [-0.25, -0.2) is 0 Å². The SMILES string of the molecule is CCCCc1cnc(/C(C)=N/N=C2/NC(=O)CS2)cn1. The third-order valence-electron chi connectivity index (χ3n) is 2.74. The third kappa shape index (κ3) is 4.12. The molecule has 6 nitrogen and oxygen atoms in total. The summed E-state index contributed by atoms with van der Waals surface area (Å²) in [6, 6.07) is 0. The molecule has 1 aromatic heterocycles. The number of amides is 1. The lowest BCUT2D eigenvalue weighted by Gasteiger charge is -2.01. The molecule has 106 valence electrons. The Morgan fingerprint density at radius 2 is 2.30 bits per heavy atom. The molecule has 2 heterocycles. The molecule has 0 aliphatic carbocycles. The fraction of sp³-hybridized carbons (Fsp3) is 0.462. The summed E-state index contributed by atoms with van der Waals surface area (Å²) in [4.78, 5) is 19.7. The molecule has 1 aromatic rings. The van der Waals surface area contributed by atoms with E-state index in [1.165, 1.54) is 11.8 Å². The van der Waals surface area contributed by atoms with E-state index >= 15 is 0 Å². The van der Waals surface area contributed by atoms with Crippen LogP contribution in [0.25, 0.3) is 0 Å². The molecule has 1 N–H and O–H groups in total. The summed E-state index contributed by atoms with van der Waals surface area (Å²) in [6.07, 6.45) is 6.70. The predicted molar refractivity (Wildman–Crippen MR) is 80.9 cm³/mol. The lowest BCUT2D eigenvalue weighted by Crippen LogP contribution is -2.19. The zero-order valence-electron chi connectivity index (χ0n) is 11.6. The van der Waals surface area contributed by atoms with E-state index in [0.717, 1.165) is 25.0 Å². The Kier molecular flexibility index (Phi) is 5.23. The highest BCUT2D eigenvalue weighted by molar-refractivity contribution is 8.15. The average Bonchev–Trinajstić information content (AvgIpc) is 2.89. The molecule has 1 fully saturated rings. The number of amidine groups is 1. The van der Waals surface area contributed by atoms with Gasteiger partial charge < -0.3 is 5.32 Å². The van der Waals surface area contributed by atoms with Crippen LogP contribution in [-0.4, -0.2) is 32.5 Å². The molecule has 7 heteroatoms. The van der Waals surface area contributed by atoms with E-state index in [4.69, 9.17) is 0 Å². The fourth-order valence-electron chi connectivity index (χ4n) is 1.58. The first kappa shape index (κ1) is 14.6. The molecule has 0 radical (unpaired) electrons. The standard InChI is InChI=1S/C13H17N5OS/c1-3-4-5-10-6-15-11(7-14-10)9(2)17-18-13-16-12(19)8-20-13/h6-7H,3-5,8H2,1-2H3,(H,16,18,19)/b17-9+. The van der Waals surface area contributed by atoms with Crippen molar-refractivity contribution >= 4 is 28.5 Å². The van der Waals surface area contributed by atoms with Crippen LogP contribution in [0.4, 0.5) is 0 Å². The van der Waals surface area contributed by atoms with Crippen molar-refractivity contribution in [3.63, 3.8) is 0 Å². The number of hydrogen-bond donors (Lipinski definition) is 1. The first-order valence-electron chi connectivity index (χ1n) is 6.55. The maximum atomic E-state index is 11.0. The minimum atomic E-state index is -0.0401. The normalized spacial score (nSPS) is 17.6. The Balaban J connectivity index is 2.01. The summed E-state index contributed by atoms with van der Waals surface area (Å²) in [5, 5.41) is 11.2. The van der Waals surface area contributed by atoms with Crippen molar-refractivity contribution in [3.05, 3.63) is 23.8 Å². The Labute approximate surface area is 122 Å². The molecule has 0 atom stereocenters. The monoisotopic (exact) mass is 291 g/mol. The molecule has 0 bridgehead atoms. The molecular weight excluding hydrogens is 274 g/mol. The van der Waals surface area contributed by atoms with E-state index in [0.29, 0.717) is 22.3 Å². The highest BCUT2D eigenvalue weighted by atomic mass is 32.2. The van der Waals surface area contributed by atoms with Crippen molar-refractivity contribution in [2.75, 3.05) is 5.75 Å². The number of nitrogens with one attached hydrogen (secondary N) is 1. The van der Waals surface area contributed by atoms with Crippen LogP contribution in [0.2, 0.25) is 0 Å². The average molecular weight is 291 g/mol. The zero-order valence-corrected chi connectivity index (χ0v) is 12.4. The summed E-state index contributed by atoms with van der Waals surface area (Å²) in [5.74, 6) is 0.362. The maximum absolute atomic E-state index is 11.0. The molecule has 0 aromatic carbocycles. The largest absolute Gasteiger partial charge is 0.303 e. The zero-order chi connectivity index (χ0) is 14.4. The van der Waals surface area contributed by atoms with Crippen LogP contribution in [0.3, 0.4) is 0 Å². The second-order valence-corrected chi connectivity index (χ2v) is 5.39. The van der Waals surface area contributed by atoms with E-state index in [9.17, 15) is 4.79 Å². The van der Waals surface area contributed by atoms with Crippen molar-refractivity contribution < 1.29 is 4.79 Å². The van der Waals surface area contributed by atoms with Gasteiger partial charge in [-0.15, -0.1) is 5.10 Å². The number of nitrogens with zero attached hydrogens (tertiary/aromatic N) is 4. The number of carbonyl (C=O) groups excluding carboxylic acids is 1. The lowest BCUT2D eigenvalue weighted by molar-refractivity contribution is -0.116. The predicted octanol–water partition coefficient (Wildman–Crippen LogP) is 1.76. The second-order valence-electron chi connectivity index (χ2n) is 4.42. The van der Waals surface area contributed by atoms with Crippen LogP contribution in [0.5, 0.6) is 0 Å². The molecule has 0 unspecified atom stereocenters. The molecule has 0 saturated carbocycles. The number of thioether (sulfide) groups is 1. The van der Waals surface area contributed by atoms with E-state index in [1.807, 2.05) is 6.92 Å². The molecule has 20 heavy (non-hydrogen) atoms. The van der Waals surface area contributed by atoms with Gasteiger partial charge in [-0.3, -0.25) is 14.8 Å². The molecular formula is C13H17N5OS. The molecule has 2 rings (SSSR count). The Morgan fingerprint density at radius 1 is 1.45 bits per heavy atom. The van der Waals surface area contributed by atoms with Crippen molar-refractivity contribution in [1.29, 1.82) is 0 Å². The maximum Gasteiger partial charge on any atom is 0.236 e. The van der Waals surface area contributed by atoms with Gasteiger partial charge in [-0.05, 0) is 19.8 Å². The molecule has 1 amide bonds. The smallest absolute Gasteiger partial charge is 0.236 e. The van der Waals surface area contributed by atoms with Crippen LogP contribution in [0, 0.1) is 0 Å². The van der Waals surface area contributed by atoms with Gasteiger partial charge in [0.25, 0.3) is 0 Å². The van der Waals surface area contributed by atoms with Crippen molar-refractivity contribution in [2.45, 2.75) is 33.1 Å². The lowest BCUT2D eigenvalue weighted by atomic mass is 10.2. The van der Waals surface area contributed by atoms with Gasteiger partial charge in [0.1, 0.15) is 5.69 Å². The number of aromatic nitrogens is 2. The second kappa shape index (κ2) is 7.14. The van der Waals surface area contributed by atoms with Crippen LogP contribution < -0.4 is 5.32 Å². The van der Waals surface area contributed by atoms with Gasteiger partial charge in [0.15, 0.2) is 5.17 Å². The van der Waals surface area contributed by atoms with E-state index in [1.54, 1.807) is 12.4 Å². The number of rotatable bonds is 5. The fourth-order valence-corrected chi connectivity index (χ4v) is 2.20. The highest BCUT2D eigenvalue weighted by Crippen LogP contribution is 2.09. The summed E-state index contributed by atoms with van der Waals surface area (Å²) in [7, 11) is 0. The summed E-state index contributed by atoms with van der Waals surface area (Å²) in [5.41, 5.74) is 2.37. The minimum Gasteiger partial charge on any atom is -0.303 e. The van der Waals surface area contributed by atoms with Crippen molar-refractivity contribution in [2.24, 2.45) is 10.2 Å². The van der Waals surface area contributed by atoms with Gasteiger partial charge in [0.05, 0.1) is 23.4 Å². The van der Waals surface area contributed by atoms with E-state index in [-0.39, 0.29) is 5.91 Å². The van der Waals surface area contributed by atoms with Crippen LogP contribution in [0.1, 0.15) is 38.1 Å². The van der Waals surface area contributed by atoms with E-state index < -0.39 is 0 Å². The van der Waals surface area contributed by atoms with Gasteiger partial charge >= 0.3 is 0 Å². The van der Waals surface area contributed by atoms with Crippen LogP contribution in [0.15, 0.2) is 22.6 Å². The number of hydrogen-bond acceptors (Lipinski definition) is 6. The third-order valence-corrected chi connectivity index (χ3v) is 3.60. The van der Waals surface area contributed by atoms with Crippen molar-refractivity contribution in [3.8, 4) is 0 Å². The highest BCUT2D eigenvalue weighted by Gasteiger charge is 2.16. The number of aryl methyl sites for hydroxylation is 1. The molecule has 1 aliphatic rings. The first-order valence-corrected chi connectivity index (χ1v) is 7.53. The Morgan fingerprint density at radius 3 is 2.90 bits per heavy atom. The first-order chi connectivity index (χ1) is 9.69. The summed E-state index contributed by atoms with van der Waals surface area (Å²) >= 11 is 1.35. The summed E-state index contributed by atoms with van der Waals surface area (Å²) < 4.78 is 0. The Bertz CT molecular complexity index is 538. The Hall–Kier alpha value is -1.76. The number of unbranched alkanes of at least 4 members (excludes halogenated alkanes) is 1. The quantitative estimate of drug-likeness (QED) is 0.662. The van der Waals surface area contributed by atoms with Crippen molar-refractivity contribution in [1.82, 2.24) is 15.3 Å². The summed E-state index contributed by atoms with van der Waals surface area (Å²) in [6.45, 7) is 3.97. The van der Waals surface area contributed by atoms with Gasteiger partial charge in [0, 0.05) is 6.20 Å². The molecule has 0 spiro atoms. The topological polar surface area (TPSA) is 79.6 Å². The van der Waals surface area contributed by atoms with Gasteiger partial charge in [-0.2, -0.15) is 5.10 Å². The van der Waals surface area contributed by atoms with Gasteiger partial charge in [0.2, 0.25) is 5.91 Å².